The lowest BCUT2D eigenvalue weighted by atomic mass is 10.1. The maximum absolute atomic E-state index is 14.1. The quantitative estimate of drug-likeness (QED) is 0.726. The Bertz CT molecular complexity index is 1130. The SMILES string of the molecule is Cc1ccc(-c2cc(S(=O)(=O)Nc3ccc(C#N)cc3F)c[nH]2)c(F)c1. The Morgan fingerprint density at radius 1 is 1.08 bits per heavy atom. The molecule has 0 radical (unpaired) electrons. The molecule has 3 aromatic rings. The molecule has 26 heavy (non-hydrogen) atoms. The van der Waals surface area contributed by atoms with Crippen LogP contribution in [-0.4, -0.2) is 13.4 Å². The van der Waals surface area contributed by atoms with Crippen LogP contribution in [0.3, 0.4) is 0 Å². The van der Waals surface area contributed by atoms with Crippen LogP contribution in [0.2, 0.25) is 0 Å². The number of halogens is 2. The Kier molecular flexibility index (Phi) is 4.49. The van der Waals surface area contributed by atoms with E-state index in [9.17, 15) is 17.2 Å². The van der Waals surface area contributed by atoms with Crippen LogP contribution in [0, 0.1) is 29.9 Å². The fraction of sp³-hybridized carbons (Fsp3) is 0.0556. The molecule has 0 unspecified atom stereocenters. The van der Waals surface area contributed by atoms with E-state index in [4.69, 9.17) is 5.26 Å². The Morgan fingerprint density at radius 3 is 2.50 bits per heavy atom. The molecule has 1 aromatic heterocycles. The fourth-order valence-corrected chi connectivity index (χ4v) is 3.45. The van der Waals surface area contributed by atoms with Gasteiger partial charge in [0.05, 0.1) is 17.3 Å². The van der Waals surface area contributed by atoms with Crippen molar-refractivity contribution < 1.29 is 17.2 Å². The molecule has 3 rings (SSSR count). The van der Waals surface area contributed by atoms with Gasteiger partial charge in [0.2, 0.25) is 0 Å². The van der Waals surface area contributed by atoms with E-state index in [1.807, 2.05) is 0 Å². The van der Waals surface area contributed by atoms with Gasteiger partial charge < -0.3 is 4.98 Å². The highest BCUT2D eigenvalue weighted by Crippen LogP contribution is 2.26. The second-order valence-electron chi connectivity index (χ2n) is 5.64. The van der Waals surface area contributed by atoms with E-state index in [2.05, 4.69) is 9.71 Å². The number of hydrogen-bond acceptors (Lipinski definition) is 3. The number of nitriles is 1. The minimum Gasteiger partial charge on any atom is -0.360 e. The molecule has 1 heterocycles. The average Bonchev–Trinajstić information content (AvgIpc) is 3.07. The molecule has 0 aliphatic heterocycles. The zero-order valence-electron chi connectivity index (χ0n) is 13.5. The molecule has 0 amide bonds. The third-order valence-electron chi connectivity index (χ3n) is 3.72. The third kappa shape index (κ3) is 3.43. The number of benzene rings is 2. The Labute approximate surface area is 149 Å². The van der Waals surface area contributed by atoms with Crippen LogP contribution >= 0.6 is 0 Å². The first-order chi connectivity index (χ1) is 12.3. The summed E-state index contributed by atoms with van der Waals surface area (Å²) in [5.74, 6) is -1.35. The first kappa shape index (κ1) is 17.6. The summed E-state index contributed by atoms with van der Waals surface area (Å²) >= 11 is 0. The first-order valence-electron chi connectivity index (χ1n) is 7.47. The van der Waals surface area contributed by atoms with Gasteiger partial charge in [-0.25, -0.2) is 17.2 Å². The molecular formula is C18H13F2N3O2S. The van der Waals surface area contributed by atoms with Crippen molar-refractivity contribution >= 4 is 15.7 Å². The molecule has 5 nitrogen and oxygen atoms in total. The predicted octanol–water partition coefficient (Wildman–Crippen LogP) is 3.94. The lowest BCUT2D eigenvalue weighted by molar-refractivity contribution is 0.598. The topological polar surface area (TPSA) is 85.8 Å². The highest BCUT2D eigenvalue weighted by molar-refractivity contribution is 7.92. The van der Waals surface area contributed by atoms with E-state index in [-0.39, 0.29) is 27.4 Å². The zero-order valence-corrected chi connectivity index (χ0v) is 14.4. The van der Waals surface area contributed by atoms with Crippen molar-refractivity contribution in [3.63, 3.8) is 0 Å². The molecule has 0 bridgehead atoms. The summed E-state index contributed by atoms with van der Waals surface area (Å²) in [7, 11) is -4.09. The molecule has 0 aliphatic rings. The Hall–Kier alpha value is -3.18. The minimum absolute atomic E-state index is 0.0734. The monoisotopic (exact) mass is 373 g/mol. The van der Waals surface area contributed by atoms with Gasteiger partial charge in [0.1, 0.15) is 16.5 Å². The van der Waals surface area contributed by atoms with Crippen molar-refractivity contribution in [2.75, 3.05) is 4.72 Å². The molecular weight excluding hydrogens is 360 g/mol. The smallest absolute Gasteiger partial charge is 0.263 e. The number of aryl methyl sites for hydroxylation is 1. The molecule has 2 aromatic carbocycles. The molecule has 0 spiro atoms. The van der Waals surface area contributed by atoms with Crippen LogP contribution in [0.15, 0.2) is 53.6 Å². The molecule has 0 aliphatic carbocycles. The molecule has 0 atom stereocenters. The summed E-state index contributed by atoms with van der Waals surface area (Å²) in [4.78, 5) is 2.54. The van der Waals surface area contributed by atoms with E-state index in [1.165, 1.54) is 30.5 Å². The molecule has 8 heteroatoms. The molecule has 0 saturated heterocycles. The van der Waals surface area contributed by atoms with Crippen molar-refractivity contribution in [3.05, 3.63) is 71.4 Å². The van der Waals surface area contributed by atoms with E-state index in [0.29, 0.717) is 0 Å². The fourth-order valence-electron chi connectivity index (χ4n) is 2.39. The zero-order chi connectivity index (χ0) is 18.9. The maximum atomic E-state index is 14.1. The van der Waals surface area contributed by atoms with Gasteiger partial charge in [0.25, 0.3) is 10.0 Å². The normalized spacial score (nSPS) is 11.2. The van der Waals surface area contributed by atoms with Crippen molar-refractivity contribution in [2.24, 2.45) is 0 Å². The summed E-state index contributed by atoms with van der Waals surface area (Å²) in [6.45, 7) is 1.74. The number of H-pyrrole nitrogens is 1. The Balaban J connectivity index is 1.92. The van der Waals surface area contributed by atoms with Gasteiger partial charge in [-0.05, 0) is 48.9 Å². The summed E-state index contributed by atoms with van der Waals surface area (Å²) in [5.41, 5.74) is 1.03. The number of aromatic amines is 1. The summed E-state index contributed by atoms with van der Waals surface area (Å²) in [6, 6.07) is 11.0. The second-order valence-corrected chi connectivity index (χ2v) is 7.33. The van der Waals surface area contributed by atoms with Gasteiger partial charge in [0.15, 0.2) is 0 Å². The second kappa shape index (κ2) is 6.61. The van der Waals surface area contributed by atoms with Crippen LogP contribution < -0.4 is 4.72 Å². The van der Waals surface area contributed by atoms with Crippen LogP contribution in [0.5, 0.6) is 0 Å². The highest BCUT2D eigenvalue weighted by Gasteiger charge is 2.19. The molecule has 0 saturated carbocycles. The third-order valence-corrected chi connectivity index (χ3v) is 5.07. The largest absolute Gasteiger partial charge is 0.360 e. The van der Waals surface area contributed by atoms with E-state index in [0.717, 1.165) is 11.6 Å². The highest BCUT2D eigenvalue weighted by atomic mass is 32.2. The van der Waals surface area contributed by atoms with Crippen LogP contribution in [0.25, 0.3) is 11.3 Å². The Morgan fingerprint density at radius 2 is 1.85 bits per heavy atom. The van der Waals surface area contributed by atoms with E-state index < -0.39 is 21.7 Å². The predicted molar refractivity (Wildman–Crippen MR) is 92.8 cm³/mol. The average molecular weight is 373 g/mol. The number of aromatic nitrogens is 1. The van der Waals surface area contributed by atoms with Gasteiger partial charge in [-0.1, -0.05) is 6.07 Å². The molecule has 0 fully saturated rings. The summed E-state index contributed by atoms with van der Waals surface area (Å²) in [6.07, 6.45) is 1.19. The van der Waals surface area contributed by atoms with Crippen molar-refractivity contribution in [3.8, 4) is 17.3 Å². The van der Waals surface area contributed by atoms with Crippen LogP contribution in [0.1, 0.15) is 11.1 Å². The number of hydrogen-bond donors (Lipinski definition) is 2. The van der Waals surface area contributed by atoms with Gasteiger partial charge in [0, 0.05) is 17.5 Å². The lowest BCUT2D eigenvalue weighted by Gasteiger charge is -2.07. The van der Waals surface area contributed by atoms with Crippen LogP contribution in [-0.2, 0) is 10.0 Å². The maximum Gasteiger partial charge on any atom is 0.263 e. The number of sulfonamides is 1. The van der Waals surface area contributed by atoms with Gasteiger partial charge >= 0.3 is 0 Å². The van der Waals surface area contributed by atoms with Crippen molar-refractivity contribution in [1.82, 2.24) is 4.98 Å². The number of nitrogens with one attached hydrogen (secondary N) is 2. The van der Waals surface area contributed by atoms with E-state index in [1.54, 1.807) is 25.1 Å². The number of anilines is 1. The molecule has 2 N–H and O–H groups in total. The van der Waals surface area contributed by atoms with E-state index >= 15 is 0 Å². The van der Waals surface area contributed by atoms with Crippen molar-refractivity contribution in [1.29, 1.82) is 5.26 Å². The standard InChI is InChI=1S/C18H13F2N3O2S/c1-11-2-4-14(15(19)6-11)18-8-13(10-22-18)26(24,25)23-17-5-3-12(9-21)7-16(17)20/h2-8,10,22-23H,1H3. The summed E-state index contributed by atoms with van der Waals surface area (Å²) < 4.78 is 54.9. The van der Waals surface area contributed by atoms with Gasteiger partial charge in [-0.15, -0.1) is 0 Å². The summed E-state index contributed by atoms with van der Waals surface area (Å²) in [5, 5.41) is 8.72. The minimum atomic E-state index is -4.09. The number of rotatable bonds is 4. The van der Waals surface area contributed by atoms with Gasteiger partial charge in [-0.2, -0.15) is 5.26 Å². The van der Waals surface area contributed by atoms with Crippen LogP contribution in [0.4, 0.5) is 14.5 Å². The molecule has 132 valence electrons. The van der Waals surface area contributed by atoms with Gasteiger partial charge in [-0.3, -0.25) is 4.72 Å². The lowest BCUT2D eigenvalue weighted by Crippen LogP contribution is -2.13. The number of nitrogens with zero attached hydrogens (tertiary/aromatic N) is 1. The van der Waals surface area contributed by atoms with Crippen molar-refractivity contribution in [2.45, 2.75) is 11.8 Å². The first-order valence-corrected chi connectivity index (χ1v) is 8.96.